The van der Waals surface area contributed by atoms with E-state index < -0.39 is 17.0 Å². The summed E-state index contributed by atoms with van der Waals surface area (Å²) >= 11 is 1.23. The highest BCUT2D eigenvalue weighted by Gasteiger charge is 2.25. The molecule has 2 nitrogen and oxygen atoms in total. The molecule has 0 unspecified atom stereocenters. The van der Waals surface area contributed by atoms with Crippen LogP contribution in [0.4, 0.5) is 8.78 Å². The first kappa shape index (κ1) is 12.7. The number of thiazole rings is 1. The van der Waals surface area contributed by atoms with E-state index >= 15 is 0 Å². The van der Waals surface area contributed by atoms with E-state index in [1.807, 2.05) is 0 Å². The van der Waals surface area contributed by atoms with E-state index in [4.69, 9.17) is 5.26 Å². The summed E-state index contributed by atoms with van der Waals surface area (Å²) in [6, 6.07) is 5.79. The van der Waals surface area contributed by atoms with Crippen molar-refractivity contribution in [3.8, 4) is 17.3 Å². The van der Waals surface area contributed by atoms with Crippen molar-refractivity contribution in [1.29, 1.82) is 5.26 Å². The first-order valence-electron chi connectivity index (χ1n) is 5.27. The van der Waals surface area contributed by atoms with Crippen molar-refractivity contribution < 1.29 is 8.78 Å². The standard InChI is InChI=1S/C13H10F2N2S/c1-13(2,7-16)12-17-10(6-18-12)11-8(14)4-3-5-9(11)15/h3-6H,1-2H3. The van der Waals surface area contributed by atoms with Gasteiger partial charge in [0.1, 0.15) is 22.1 Å². The molecule has 2 aromatic rings. The summed E-state index contributed by atoms with van der Waals surface area (Å²) in [5.41, 5.74) is -0.673. The summed E-state index contributed by atoms with van der Waals surface area (Å²) in [5, 5.41) is 11.1. The van der Waals surface area contributed by atoms with Crippen molar-refractivity contribution in [2.75, 3.05) is 0 Å². The molecule has 2 rings (SSSR count). The van der Waals surface area contributed by atoms with Crippen LogP contribution < -0.4 is 0 Å². The van der Waals surface area contributed by atoms with Crippen molar-refractivity contribution in [3.05, 3.63) is 40.2 Å². The third-order valence-corrected chi connectivity index (χ3v) is 3.70. The van der Waals surface area contributed by atoms with Gasteiger partial charge in [0.05, 0.1) is 17.3 Å². The number of rotatable bonds is 2. The average molecular weight is 264 g/mol. The molecule has 5 heteroatoms. The monoisotopic (exact) mass is 264 g/mol. The summed E-state index contributed by atoms with van der Waals surface area (Å²) < 4.78 is 27.2. The molecule has 1 aromatic heterocycles. The Labute approximate surface area is 108 Å². The Bertz CT molecular complexity index is 606. The van der Waals surface area contributed by atoms with Crippen molar-refractivity contribution in [2.24, 2.45) is 0 Å². The maximum absolute atomic E-state index is 13.6. The zero-order chi connectivity index (χ0) is 13.3. The predicted molar refractivity (Wildman–Crippen MR) is 66.1 cm³/mol. The van der Waals surface area contributed by atoms with Gasteiger partial charge in [-0.25, -0.2) is 13.8 Å². The van der Waals surface area contributed by atoms with Crippen molar-refractivity contribution in [3.63, 3.8) is 0 Å². The van der Waals surface area contributed by atoms with E-state index in [1.54, 1.807) is 19.2 Å². The maximum atomic E-state index is 13.6. The van der Waals surface area contributed by atoms with Crippen molar-refractivity contribution in [2.45, 2.75) is 19.3 Å². The molecule has 0 aliphatic carbocycles. The molecule has 0 radical (unpaired) electrons. The fourth-order valence-electron chi connectivity index (χ4n) is 1.47. The van der Waals surface area contributed by atoms with Gasteiger partial charge in [0.25, 0.3) is 0 Å². The van der Waals surface area contributed by atoms with Gasteiger partial charge in [-0.2, -0.15) is 5.26 Å². The lowest BCUT2D eigenvalue weighted by Gasteiger charge is -2.10. The van der Waals surface area contributed by atoms with Crippen LogP contribution in [-0.4, -0.2) is 4.98 Å². The Hall–Kier alpha value is -1.80. The van der Waals surface area contributed by atoms with Gasteiger partial charge in [-0.1, -0.05) is 6.07 Å². The first-order chi connectivity index (χ1) is 8.45. The second-order valence-corrected chi connectivity index (χ2v) is 5.23. The lowest BCUT2D eigenvalue weighted by atomic mass is 9.97. The number of benzene rings is 1. The van der Waals surface area contributed by atoms with Crippen LogP contribution in [-0.2, 0) is 5.41 Å². The molecule has 0 N–H and O–H groups in total. The SMILES string of the molecule is CC(C)(C#N)c1nc(-c2c(F)cccc2F)cs1. The molecule has 0 fully saturated rings. The largest absolute Gasteiger partial charge is 0.239 e. The average Bonchev–Trinajstić information content (AvgIpc) is 2.79. The van der Waals surface area contributed by atoms with Gasteiger partial charge in [0.2, 0.25) is 0 Å². The lowest BCUT2D eigenvalue weighted by Crippen LogP contribution is -2.13. The van der Waals surface area contributed by atoms with Gasteiger partial charge in [0, 0.05) is 5.38 Å². The van der Waals surface area contributed by atoms with E-state index in [9.17, 15) is 8.78 Å². The fraction of sp³-hybridized carbons (Fsp3) is 0.231. The molecule has 0 aliphatic heterocycles. The van der Waals surface area contributed by atoms with E-state index in [0.717, 1.165) is 0 Å². The molecule has 1 heterocycles. The van der Waals surface area contributed by atoms with E-state index in [1.165, 1.54) is 29.5 Å². The third kappa shape index (κ3) is 2.12. The minimum Gasteiger partial charge on any atom is -0.239 e. The van der Waals surface area contributed by atoms with Gasteiger partial charge in [0.15, 0.2) is 0 Å². The van der Waals surface area contributed by atoms with Crippen LogP contribution in [0.2, 0.25) is 0 Å². The molecule has 0 bridgehead atoms. The highest BCUT2D eigenvalue weighted by molar-refractivity contribution is 7.10. The molecule has 0 atom stereocenters. The number of nitrogens with zero attached hydrogens (tertiary/aromatic N) is 2. The van der Waals surface area contributed by atoms with Crippen molar-refractivity contribution >= 4 is 11.3 Å². The predicted octanol–water partition coefficient (Wildman–Crippen LogP) is 3.89. The molecule has 1 aromatic carbocycles. The second kappa shape index (κ2) is 4.46. The Morgan fingerprint density at radius 2 is 1.89 bits per heavy atom. The zero-order valence-electron chi connectivity index (χ0n) is 9.87. The fourth-order valence-corrected chi connectivity index (χ4v) is 2.35. The molecular formula is C13H10F2N2S. The van der Waals surface area contributed by atoms with Crippen LogP contribution in [0.5, 0.6) is 0 Å². The molecule has 0 spiro atoms. The smallest absolute Gasteiger partial charge is 0.135 e. The normalized spacial score (nSPS) is 11.3. The number of nitriles is 1. The van der Waals surface area contributed by atoms with E-state index in [2.05, 4.69) is 11.1 Å². The van der Waals surface area contributed by atoms with Gasteiger partial charge >= 0.3 is 0 Å². The summed E-state index contributed by atoms with van der Waals surface area (Å²) in [4.78, 5) is 4.16. The van der Waals surface area contributed by atoms with Crippen LogP contribution in [0.1, 0.15) is 18.9 Å². The number of halogens is 2. The van der Waals surface area contributed by atoms with Crippen LogP contribution >= 0.6 is 11.3 Å². The van der Waals surface area contributed by atoms with Crippen LogP contribution in [0.15, 0.2) is 23.6 Å². The Morgan fingerprint density at radius 3 is 2.44 bits per heavy atom. The molecule has 0 saturated carbocycles. The second-order valence-electron chi connectivity index (χ2n) is 4.37. The number of aromatic nitrogens is 1. The van der Waals surface area contributed by atoms with Crippen LogP contribution in [0, 0.1) is 23.0 Å². The zero-order valence-corrected chi connectivity index (χ0v) is 10.7. The summed E-state index contributed by atoms with van der Waals surface area (Å²) in [6.45, 7) is 3.43. The highest BCUT2D eigenvalue weighted by atomic mass is 32.1. The quantitative estimate of drug-likeness (QED) is 0.825. The van der Waals surface area contributed by atoms with E-state index in [0.29, 0.717) is 5.01 Å². The van der Waals surface area contributed by atoms with Crippen molar-refractivity contribution in [1.82, 2.24) is 4.98 Å². The first-order valence-corrected chi connectivity index (χ1v) is 6.15. The summed E-state index contributed by atoms with van der Waals surface area (Å²) in [7, 11) is 0. The molecular weight excluding hydrogens is 254 g/mol. The molecule has 18 heavy (non-hydrogen) atoms. The van der Waals surface area contributed by atoms with Crippen LogP contribution in [0.25, 0.3) is 11.3 Å². The van der Waals surface area contributed by atoms with Gasteiger partial charge in [-0.15, -0.1) is 11.3 Å². The van der Waals surface area contributed by atoms with Gasteiger partial charge < -0.3 is 0 Å². The van der Waals surface area contributed by atoms with Gasteiger partial charge in [-0.05, 0) is 26.0 Å². The molecule has 0 amide bonds. The Morgan fingerprint density at radius 1 is 1.28 bits per heavy atom. The van der Waals surface area contributed by atoms with Gasteiger partial charge in [-0.3, -0.25) is 0 Å². The Kier molecular flexibility index (Phi) is 3.14. The number of hydrogen-bond donors (Lipinski definition) is 0. The van der Waals surface area contributed by atoms with E-state index in [-0.39, 0.29) is 11.3 Å². The number of hydrogen-bond acceptors (Lipinski definition) is 3. The Balaban J connectivity index is 2.52. The highest BCUT2D eigenvalue weighted by Crippen LogP contribution is 2.32. The topological polar surface area (TPSA) is 36.7 Å². The minimum atomic E-state index is -0.759. The third-order valence-electron chi connectivity index (χ3n) is 2.54. The lowest BCUT2D eigenvalue weighted by molar-refractivity contribution is 0.588. The van der Waals surface area contributed by atoms with Crippen LogP contribution in [0.3, 0.4) is 0 Å². The minimum absolute atomic E-state index is 0.145. The molecule has 0 aliphatic rings. The maximum Gasteiger partial charge on any atom is 0.135 e. The summed E-state index contributed by atoms with van der Waals surface area (Å²) in [5.74, 6) is -1.30. The molecule has 92 valence electrons. The molecule has 0 saturated heterocycles. The summed E-state index contributed by atoms with van der Waals surface area (Å²) in [6.07, 6.45) is 0.